The van der Waals surface area contributed by atoms with E-state index in [9.17, 15) is 52.8 Å². The molecule has 1 aromatic heterocycles. The lowest BCUT2D eigenvalue weighted by Crippen LogP contribution is -2.57. The van der Waals surface area contributed by atoms with Crippen LogP contribution in [-0.2, 0) is 37.8 Å². The molecular weight excluding hydrogens is 629 g/mol. The molecule has 2 heterocycles. The molecule has 1 saturated heterocycles. The van der Waals surface area contributed by atoms with Crippen LogP contribution in [0.5, 0.6) is 0 Å². The zero-order valence-corrected chi connectivity index (χ0v) is 23.9. The van der Waals surface area contributed by atoms with Gasteiger partial charge in [0.2, 0.25) is 0 Å². The quantitative estimate of drug-likeness (QED) is 0.181. The summed E-state index contributed by atoms with van der Waals surface area (Å²) in [5.41, 5.74) is -17.6. The van der Waals surface area contributed by atoms with E-state index in [1.54, 1.807) is 25.8 Å². The van der Waals surface area contributed by atoms with Crippen LogP contribution in [0.3, 0.4) is 0 Å². The van der Waals surface area contributed by atoms with Gasteiger partial charge in [-0.15, -0.1) is 0 Å². The third kappa shape index (κ3) is 6.95. The van der Waals surface area contributed by atoms with Gasteiger partial charge in [0, 0.05) is 12.3 Å². The van der Waals surface area contributed by atoms with Gasteiger partial charge in [-0.2, -0.15) is 43.2 Å². The first kappa shape index (κ1) is 34.3. The van der Waals surface area contributed by atoms with Gasteiger partial charge in [0.05, 0.1) is 0 Å². The number of aromatic amines is 1. The average molecular weight is 655 g/mol. The fraction of sp³-hybridized carbons (Fsp3) is 0.778. The summed E-state index contributed by atoms with van der Waals surface area (Å²) in [5, 5.41) is -0.816. The van der Waals surface area contributed by atoms with Gasteiger partial charge in [-0.05, 0) is 18.1 Å². The lowest BCUT2D eigenvalue weighted by molar-refractivity contribution is -0.144. The summed E-state index contributed by atoms with van der Waals surface area (Å²) < 4.78 is 160. The molecule has 0 aromatic carbocycles. The predicted molar refractivity (Wildman–Crippen MR) is 123 cm³/mol. The van der Waals surface area contributed by atoms with E-state index in [1.165, 1.54) is 13.1 Å². The topological polar surface area (TPSA) is 160 Å². The van der Waals surface area contributed by atoms with Crippen molar-refractivity contribution in [2.45, 2.75) is 74.0 Å². The summed E-state index contributed by atoms with van der Waals surface area (Å²) in [6.07, 6.45) is -6.68. The number of H-pyrrole nitrogens is 1. The van der Waals surface area contributed by atoms with E-state index in [4.69, 9.17) is 9.16 Å². The summed E-state index contributed by atoms with van der Waals surface area (Å²) >= 11 is 0. The molecule has 22 heteroatoms. The molecule has 0 bridgehead atoms. The van der Waals surface area contributed by atoms with Gasteiger partial charge in [-0.3, -0.25) is 22.7 Å². The van der Waals surface area contributed by atoms with Crippen molar-refractivity contribution in [3.8, 4) is 0 Å². The van der Waals surface area contributed by atoms with Crippen LogP contribution in [0.4, 0.5) is 30.7 Å². The zero-order valence-electron chi connectivity index (χ0n) is 21.3. The molecule has 12 nitrogen and oxygen atoms in total. The van der Waals surface area contributed by atoms with Crippen molar-refractivity contribution in [2.24, 2.45) is 0 Å². The van der Waals surface area contributed by atoms with Crippen molar-refractivity contribution in [1.82, 2.24) is 9.55 Å². The second-order valence-corrected chi connectivity index (χ2v) is 18.1. The molecule has 0 unspecified atom stereocenters. The van der Waals surface area contributed by atoms with Crippen molar-refractivity contribution in [3.63, 3.8) is 0 Å². The Hall–Kier alpha value is -1.85. The number of halogens is 7. The van der Waals surface area contributed by atoms with Gasteiger partial charge in [0.25, 0.3) is 5.56 Å². The minimum absolute atomic E-state index is 0.340. The van der Waals surface area contributed by atoms with E-state index in [1.807, 2.05) is 0 Å². The average Bonchev–Trinajstić information content (AvgIpc) is 3.00. The summed E-state index contributed by atoms with van der Waals surface area (Å²) in [5.74, 6) is 0. The third-order valence-corrected chi connectivity index (χ3v) is 12.7. The van der Waals surface area contributed by atoms with Crippen molar-refractivity contribution in [3.05, 3.63) is 33.1 Å². The number of hydrogen-bond acceptors (Lipinski definition) is 10. The van der Waals surface area contributed by atoms with E-state index in [2.05, 4.69) is 8.37 Å². The van der Waals surface area contributed by atoms with Crippen molar-refractivity contribution < 1.29 is 65.1 Å². The molecule has 3 atom stereocenters. The number of hydrogen-bond donors (Lipinski definition) is 1. The number of alkyl halides is 7. The number of nitrogens with one attached hydrogen (secondary N) is 1. The normalized spacial score (nSPS) is 22.9. The molecule has 0 radical (unpaired) electrons. The summed E-state index contributed by atoms with van der Waals surface area (Å²) in [6.45, 7) is 3.80. The maximum atomic E-state index is 16.0. The minimum Gasteiger partial charge on any atom is -0.408 e. The largest absolute Gasteiger partial charge is 0.523 e. The number of nitrogens with zero attached hydrogens (tertiary/aromatic N) is 1. The second kappa shape index (κ2) is 10.8. The zero-order chi connectivity index (χ0) is 31.3. The Labute approximate surface area is 223 Å². The molecule has 0 saturated carbocycles. The van der Waals surface area contributed by atoms with Gasteiger partial charge >= 0.3 is 36.9 Å². The van der Waals surface area contributed by atoms with Gasteiger partial charge in [-0.1, -0.05) is 20.8 Å². The van der Waals surface area contributed by atoms with Gasteiger partial charge < -0.3 is 9.16 Å². The third-order valence-electron chi connectivity index (χ3n) is 6.27. The predicted octanol–water partition coefficient (Wildman–Crippen LogP) is 2.27. The Morgan fingerprint density at radius 3 is 1.80 bits per heavy atom. The first-order valence-electron chi connectivity index (χ1n) is 10.9. The van der Waals surface area contributed by atoms with Crippen LogP contribution >= 0.6 is 0 Å². The first-order chi connectivity index (χ1) is 17.7. The highest BCUT2D eigenvalue weighted by Gasteiger charge is 2.63. The van der Waals surface area contributed by atoms with E-state index in [0.717, 1.165) is 0 Å². The van der Waals surface area contributed by atoms with Crippen molar-refractivity contribution in [2.75, 3.05) is 13.2 Å². The minimum atomic E-state index is -6.50. The number of ether oxygens (including phenoxy) is 1. The summed E-state index contributed by atoms with van der Waals surface area (Å²) in [6, 6.07) is 0.691. The van der Waals surface area contributed by atoms with Crippen LogP contribution < -0.4 is 11.2 Å². The molecule has 40 heavy (non-hydrogen) atoms. The van der Waals surface area contributed by atoms with Gasteiger partial charge in [0.1, 0.15) is 24.9 Å². The van der Waals surface area contributed by atoms with E-state index in [-0.39, 0.29) is 0 Å². The smallest absolute Gasteiger partial charge is 0.408 e. The van der Waals surface area contributed by atoms with Crippen molar-refractivity contribution >= 4 is 28.6 Å². The monoisotopic (exact) mass is 654 g/mol. The first-order valence-corrected chi connectivity index (χ1v) is 16.6. The maximum Gasteiger partial charge on any atom is 0.523 e. The fourth-order valence-corrected chi connectivity index (χ4v) is 5.39. The Bertz CT molecular complexity index is 1370. The highest BCUT2D eigenvalue weighted by atomic mass is 32.2. The molecule has 232 valence electrons. The highest BCUT2D eigenvalue weighted by Crippen LogP contribution is 2.47. The maximum absolute atomic E-state index is 16.0. The van der Waals surface area contributed by atoms with Crippen LogP contribution in [0.15, 0.2) is 21.9 Å². The summed E-state index contributed by atoms with van der Waals surface area (Å²) in [4.78, 5) is 25.5. The number of aromatic nitrogens is 2. The number of rotatable bonds is 9. The lowest BCUT2D eigenvalue weighted by Gasteiger charge is -2.42. The Balaban J connectivity index is 2.76. The van der Waals surface area contributed by atoms with Crippen LogP contribution in [0.2, 0.25) is 18.1 Å². The van der Waals surface area contributed by atoms with E-state index < -0.39 is 93.2 Å². The molecule has 1 fully saturated rings. The molecule has 1 aliphatic heterocycles. The fourth-order valence-electron chi connectivity index (χ4n) is 3.08. The molecular formula is C18H25F7N2O10S2Si. The molecule has 1 aliphatic rings. The van der Waals surface area contributed by atoms with Crippen molar-refractivity contribution in [1.29, 1.82) is 0 Å². The van der Waals surface area contributed by atoms with Crippen LogP contribution in [0, 0.1) is 0 Å². The standard InChI is InChI=1S/C18H25F7N2O10S2Si/c1-15(2,3)40(4,5)37-12-11(19)13(27-7-6-10(28)26-14(27)29)36-16(12,8-34-38(30,31)17(20,21)22)9-35-39(32,33)18(23,24)25/h6-7,11-13H,8-9H2,1-5H3,(H,26,28,29)/t11-,12-,13+/m0/s1. The van der Waals surface area contributed by atoms with Crippen LogP contribution in [0.1, 0.15) is 27.0 Å². The highest BCUT2D eigenvalue weighted by molar-refractivity contribution is 7.87. The molecule has 1 N–H and O–H groups in total. The Morgan fingerprint density at radius 2 is 1.43 bits per heavy atom. The lowest BCUT2D eigenvalue weighted by atomic mass is 9.98. The molecule has 0 spiro atoms. The van der Waals surface area contributed by atoms with Gasteiger partial charge in [-0.25, -0.2) is 9.18 Å². The van der Waals surface area contributed by atoms with Crippen LogP contribution in [-0.4, -0.2) is 76.8 Å². The molecule has 1 aromatic rings. The molecule has 0 amide bonds. The van der Waals surface area contributed by atoms with E-state index >= 15 is 4.39 Å². The molecule has 0 aliphatic carbocycles. The Morgan fingerprint density at radius 1 is 0.975 bits per heavy atom. The van der Waals surface area contributed by atoms with Gasteiger partial charge in [0.15, 0.2) is 20.7 Å². The van der Waals surface area contributed by atoms with E-state index in [0.29, 0.717) is 16.8 Å². The summed E-state index contributed by atoms with van der Waals surface area (Å²) in [7, 11) is -16.3. The SMILES string of the molecule is CC(C)(C)[Si](C)(C)O[C@H]1[C@H](F)[C@H](n2ccc(=O)[nH]c2=O)OC1(COS(=O)(=O)C(F)(F)F)COS(=O)(=O)C(F)(F)F. The second-order valence-electron chi connectivity index (χ2n) is 10.2. The van der Waals surface area contributed by atoms with Crippen LogP contribution in [0.25, 0.3) is 0 Å². The molecule has 2 rings (SSSR count). The Kier molecular flexibility index (Phi) is 9.24.